The van der Waals surface area contributed by atoms with Gasteiger partial charge in [-0.15, -0.1) is 0 Å². The van der Waals surface area contributed by atoms with E-state index in [-0.39, 0.29) is 23.7 Å². The predicted molar refractivity (Wildman–Crippen MR) is 96.3 cm³/mol. The Hall–Kier alpha value is -2.70. The Kier molecular flexibility index (Phi) is 6.21. The SMILES string of the molecule is O=C(COC(=O)CN1C(=O)[C@@H]2CCCC[C@H]2C1=O)NCCc1ccccc1. The van der Waals surface area contributed by atoms with Crippen molar-refractivity contribution in [3.63, 3.8) is 0 Å². The molecule has 1 aliphatic carbocycles. The van der Waals surface area contributed by atoms with Crippen molar-refractivity contribution >= 4 is 23.7 Å². The van der Waals surface area contributed by atoms with Gasteiger partial charge in [0, 0.05) is 6.54 Å². The maximum absolute atomic E-state index is 12.3. The molecule has 0 bridgehead atoms. The van der Waals surface area contributed by atoms with Gasteiger partial charge in [-0.05, 0) is 24.8 Å². The number of hydrogen-bond acceptors (Lipinski definition) is 5. The first kappa shape index (κ1) is 19.1. The highest BCUT2D eigenvalue weighted by Crippen LogP contribution is 2.37. The van der Waals surface area contributed by atoms with Gasteiger partial charge in [0.1, 0.15) is 6.54 Å². The molecular formula is C20H24N2O5. The molecule has 0 radical (unpaired) electrons. The maximum Gasteiger partial charge on any atom is 0.326 e. The summed E-state index contributed by atoms with van der Waals surface area (Å²) < 4.78 is 4.92. The molecule has 7 nitrogen and oxygen atoms in total. The van der Waals surface area contributed by atoms with Crippen molar-refractivity contribution < 1.29 is 23.9 Å². The third-order valence-corrected chi connectivity index (χ3v) is 5.16. The van der Waals surface area contributed by atoms with E-state index in [1.165, 1.54) is 0 Å². The topological polar surface area (TPSA) is 92.8 Å². The van der Waals surface area contributed by atoms with E-state index in [0.717, 1.165) is 23.3 Å². The highest BCUT2D eigenvalue weighted by atomic mass is 16.5. The minimum atomic E-state index is -0.742. The van der Waals surface area contributed by atoms with Crippen LogP contribution in [0.15, 0.2) is 30.3 Å². The zero-order valence-electron chi connectivity index (χ0n) is 15.2. The first-order chi connectivity index (χ1) is 13.1. The molecule has 1 aliphatic heterocycles. The first-order valence-corrected chi connectivity index (χ1v) is 9.37. The van der Waals surface area contributed by atoms with Crippen molar-refractivity contribution in [1.82, 2.24) is 10.2 Å². The van der Waals surface area contributed by atoms with Crippen molar-refractivity contribution in [2.75, 3.05) is 19.7 Å². The standard InChI is InChI=1S/C20H24N2O5/c23-17(21-11-10-14-6-2-1-3-7-14)13-27-18(24)12-22-19(25)15-8-4-5-9-16(15)20(22)26/h1-3,6-7,15-16H,4-5,8-13H2,(H,21,23)/t15-,16-/m1/s1. The molecule has 1 N–H and O–H groups in total. The summed E-state index contributed by atoms with van der Waals surface area (Å²) in [6, 6.07) is 9.71. The number of fused-ring (bicyclic) bond motifs is 1. The number of nitrogens with zero attached hydrogens (tertiary/aromatic N) is 1. The van der Waals surface area contributed by atoms with E-state index in [2.05, 4.69) is 5.32 Å². The summed E-state index contributed by atoms with van der Waals surface area (Å²) in [5.41, 5.74) is 1.10. The molecule has 2 aliphatic rings. The van der Waals surface area contributed by atoms with E-state index in [9.17, 15) is 19.2 Å². The number of amides is 3. The largest absolute Gasteiger partial charge is 0.454 e. The van der Waals surface area contributed by atoms with Gasteiger partial charge in [-0.1, -0.05) is 43.2 Å². The Morgan fingerprint density at radius 3 is 2.30 bits per heavy atom. The molecular weight excluding hydrogens is 348 g/mol. The van der Waals surface area contributed by atoms with E-state index in [1.54, 1.807) is 0 Å². The number of carbonyl (C=O) groups is 4. The fourth-order valence-electron chi connectivity index (χ4n) is 3.75. The highest BCUT2D eigenvalue weighted by molar-refractivity contribution is 6.07. The lowest BCUT2D eigenvalue weighted by atomic mass is 9.81. The van der Waals surface area contributed by atoms with Crippen LogP contribution in [0.1, 0.15) is 31.2 Å². The maximum atomic E-state index is 12.3. The average Bonchev–Trinajstić information content (AvgIpc) is 2.92. The number of rotatable bonds is 7. The Labute approximate surface area is 158 Å². The normalized spacial score (nSPS) is 21.7. The molecule has 1 heterocycles. The van der Waals surface area contributed by atoms with Crippen LogP contribution in [0.2, 0.25) is 0 Å². The number of benzene rings is 1. The number of hydrogen-bond donors (Lipinski definition) is 1. The lowest BCUT2D eigenvalue weighted by molar-refractivity contribution is -0.154. The van der Waals surface area contributed by atoms with Gasteiger partial charge in [0.2, 0.25) is 11.8 Å². The summed E-state index contributed by atoms with van der Waals surface area (Å²) in [6.45, 7) is -0.397. The van der Waals surface area contributed by atoms with Crippen LogP contribution in [0.4, 0.5) is 0 Å². The minimum Gasteiger partial charge on any atom is -0.454 e. The van der Waals surface area contributed by atoms with E-state index in [4.69, 9.17) is 4.74 Å². The van der Waals surface area contributed by atoms with Crippen LogP contribution in [0.5, 0.6) is 0 Å². The molecule has 0 spiro atoms. The van der Waals surface area contributed by atoms with Crippen LogP contribution in [-0.4, -0.2) is 48.3 Å². The van der Waals surface area contributed by atoms with Gasteiger partial charge >= 0.3 is 5.97 Å². The molecule has 27 heavy (non-hydrogen) atoms. The fraction of sp³-hybridized carbons (Fsp3) is 0.500. The van der Waals surface area contributed by atoms with Gasteiger partial charge in [-0.25, -0.2) is 0 Å². The molecule has 3 rings (SSSR count). The number of carbonyl (C=O) groups excluding carboxylic acids is 4. The number of esters is 1. The van der Waals surface area contributed by atoms with Gasteiger partial charge in [0.15, 0.2) is 6.61 Å². The van der Waals surface area contributed by atoms with Gasteiger partial charge in [0.05, 0.1) is 11.8 Å². The third-order valence-electron chi connectivity index (χ3n) is 5.16. The van der Waals surface area contributed by atoms with Crippen LogP contribution in [0, 0.1) is 11.8 Å². The molecule has 1 saturated carbocycles. The van der Waals surface area contributed by atoms with Crippen LogP contribution in [0.25, 0.3) is 0 Å². The van der Waals surface area contributed by atoms with Crippen molar-refractivity contribution in [3.05, 3.63) is 35.9 Å². The second kappa shape index (κ2) is 8.79. The Bertz CT molecular complexity index is 694. The van der Waals surface area contributed by atoms with E-state index >= 15 is 0 Å². The fourth-order valence-corrected chi connectivity index (χ4v) is 3.75. The molecule has 0 aromatic heterocycles. The average molecular weight is 372 g/mol. The molecule has 1 aromatic rings. The monoisotopic (exact) mass is 372 g/mol. The van der Waals surface area contributed by atoms with E-state index in [1.807, 2.05) is 30.3 Å². The molecule has 7 heteroatoms. The van der Waals surface area contributed by atoms with Crippen molar-refractivity contribution in [3.8, 4) is 0 Å². The minimum absolute atomic E-state index is 0.283. The van der Waals surface area contributed by atoms with Gasteiger partial charge in [-0.2, -0.15) is 0 Å². The molecule has 0 unspecified atom stereocenters. The second-order valence-electron chi connectivity index (χ2n) is 7.01. The predicted octanol–water partition coefficient (Wildman–Crippen LogP) is 1.06. The van der Waals surface area contributed by atoms with Crippen LogP contribution in [0.3, 0.4) is 0 Å². The molecule has 144 valence electrons. The number of likely N-dealkylation sites (tertiary alicyclic amines) is 1. The second-order valence-corrected chi connectivity index (χ2v) is 7.01. The lowest BCUT2D eigenvalue weighted by Crippen LogP contribution is -2.38. The van der Waals surface area contributed by atoms with Gasteiger partial charge in [-0.3, -0.25) is 24.1 Å². The van der Waals surface area contributed by atoms with Crippen LogP contribution in [-0.2, 0) is 30.3 Å². The number of nitrogens with one attached hydrogen (secondary N) is 1. The summed E-state index contributed by atoms with van der Waals surface area (Å²) in [6.07, 6.45) is 3.94. The quantitative estimate of drug-likeness (QED) is 0.571. The highest BCUT2D eigenvalue weighted by Gasteiger charge is 2.48. The Morgan fingerprint density at radius 1 is 1.04 bits per heavy atom. The van der Waals surface area contributed by atoms with Gasteiger partial charge < -0.3 is 10.1 Å². The smallest absolute Gasteiger partial charge is 0.326 e. The van der Waals surface area contributed by atoms with Crippen molar-refractivity contribution in [1.29, 1.82) is 0 Å². The third kappa shape index (κ3) is 4.72. The molecule has 2 fully saturated rings. The first-order valence-electron chi connectivity index (χ1n) is 9.37. The van der Waals surface area contributed by atoms with Crippen molar-refractivity contribution in [2.24, 2.45) is 11.8 Å². The van der Waals surface area contributed by atoms with Crippen LogP contribution < -0.4 is 5.32 Å². The van der Waals surface area contributed by atoms with E-state index in [0.29, 0.717) is 25.8 Å². The van der Waals surface area contributed by atoms with Crippen LogP contribution >= 0.6 is 0 Å². The van der Waals surface area contributed by atoms with Gasteiger partial charge in [0.25, 0.3) is 5.91 Å². The molecule has 3 amide bonds. The number of imide groups is 1. The summed E-state index contributed by atoms with van der Waals surface area (Å²) in [4.78, 5) is 49.4. The Balaban J connectivity index is 1.38. The van der Waals surface area contributed by atoms with Crippen molar-refractivity contribution in [2.45, 2.75) is 32.1 Å². The lowest BCUT2D eigenvalue weighted by Gasteiger charge is -2.19. The summed E-state index contributed by atoms with van der Waals surface area (Å²) in [7, 11) is 0. The van der Waals surface area contributed by atoms with E-state index < -0.39 is 25.0 Å². The summed E-state index contributed by atoms with van der Waals surface area (Å²) in [5, 5.41) is 2.67. The molecule has 2 atom stereocenters. The summed E-state index contributed by atoms with van der Waals surface area (Å²) in [5.74, 6) is -2.30. The molecule has 1 saturated heterocycles. The zero-order chi connectivity index (χ0) is 19.2. The molecule has 1 aromatic carbocycles. The Morgan fingerprint density at radius 2 is 1.67 bits per heavy atom. The zero-order valence-corrected chi connectivity index (χ0v) is 15.2. The number of ether oxygens (including phenoxy) is 1. The summed E-state index contributed by atoms with van der Waals surface area (Å²) >= 11 is 0.